The zero-order chi connectivity index (χ0) is 17.1. The molecule has 0 radical (unpaired) electrons. The van der Waals surface area contributed by atoms with Crippen LogP contribution in [0.5, 0.6) is 0 Å². The summed E-state index contributed by atoms with van der Waals surface area (Å²) < 4.78 is 0. The van der Waals surface area contributed by atoms with Gasteiger partial charge in [0.1, 0.15) is 0 Å². The molecular weight excluding hydrogens is 306 g/mol. The number of Topliss-reactive ketones (excluding diaryl/α,β-unsaturated/α-hetero) is 1. The van der Waals surface area contributed by atoms with Crippen molar-refractivity contribution in [2.24, 2.45) is 0 Å². The van der Waals surface area contributed by atoms with Crippen LogP contribution in [-0.4, -0.2) is 40.3 Å². The summed E-state index contributed by atoms with van der Waals surface area (Å²) in [5.41, 5.74) is 3.27. The van der Waals surface area contributed by atoms with Crippen LogP contribution in [0.25, 0.3) is 0 Å². The Hall–Kier alpha value is -2.17. The number of rotatable bonds is 6. The van der Waals surface area contributed by atoms with E-state index in [0.717, 1.165) is 32.1 Å². The highest BCUT2D eigenvalue weighted by Gasteiger charge is 2.30. The zero-order valence-electron chi connectivity index (χ0n) is 13.8. The molecule has 0 bridgehead atoms. The van der Waals surface area contributed by atoms with Crippen molar-refractivity contribution in [1.82, 2.24) is 4.90 Å². The van der Waals surface area contributed by atoms with Crippen molar-refractivity contribution in [2.75, 3.05) is 6.54 Å². The predicted molar refractivity (Wildman–Crippen MR) is 89.0 cm³/mol. The maximum Gasteiger partial charge on any atom is 0.305 e. The van der Waals surface area contributed by atoms with Gasteiger partial charge in [-0.3, -0.25) is 14.4 Å². The lowest BCUT2D eigenvalue weighted by molar-refractivity contribution is -0.139. The third kappa shape index (κ3) is 3.66. The van der Waals surface area contributed by atoms with Crippen LogP contribution in [0.2, 0.25) is 0 Å². The largest absolute Gasteiger partial charge is 0.481 e. The number of likely N-dealkylation sites (tertiary alicyclic amines) is 1. The Kier molecular flexibility index (Phi) is 4.97. The summed E-state index contributed by atoms with van der Waals surface area (Å²) in [7, 11) is 0. The van der Waals surface area contributed by atoms with Gasteiger partial charge in [-0.05, 0) is 49.3 Å². The highest BCUT2D eigenvalue weighted by molar-refractivity contribution is 5.98. The number of amides is 1. The van der Waals surface area contributed by atoms with Gasteiger partial charge in [-0.25, -0.2) is 0 Å². The van der Waals surface area contributed by atoms with Crippen molar-refractivity contribution in [1.29, 1.82) is 0 Å². The number of carbonyl (C=O) groups excluding carboxylic acids is 2. The van der Waals surface area contributed by atoms with E-state index in [1.165, 1.54) is 11.1 Å². The molecule has 1 heterocycles. The first-order valence-corrected chi connectivity index (χ1v) is 8.71. The summed E-state index contributed by atoms with van der Waals surface area (Å²) in [6.45, 7) is 0.601. The van der Waals surface area contributed by atoms with Crippen LogP contribution >= 0.6 is 0 Å². The average Bonchev–Trinajstić information content (AvgIpc) is 3.19. The molecule has 1 unspecified atom stereocenters. The van der Waals surface area contributed by atoms with E-state index < -0.39 is 5.97 Å². The van der Waals surface area contributed by atoms with Crippen LogP contribution in [0, 0.1) is 0 Å². The van der Waals surface area contributed by atoms with Crippen molar-refractivity contribution < 1.29 is 19.5 Å². The number of carboxylic acids is 1. The molecule has 5 heteroatoms. The van der Waals surface area contributed by atoms with Gasteiger partial charge in [0.25, 0.3) is 0 Å². The van der Waals surface area contributed by atoms with Crippen LogP contribution < -0.4 is 0 Å². The quantitative estimate of drug-likeness (QED) is 0.814. The first kappa shape index (κ1) is 16.7. The smallest absolute Gasteiger partial charge is 0.305 e. The molecule has 1 saturated heterocycles. The molecule has 1 atom stereocenters. The van der Waals surface area contributed by atoms with E-state index in [-0.39, 0.29) is 37.0 Å². The minimum Gasteiger partial charge on any atom is -0.481 e. The number of benzene rings is 1. The van der Waals surface area contributed by atoms with E-state index in [2.05, 4.69) is 0 Å². The number of hydrogen-bond donors (Lipinski definition) is 1. The number of hydrogen-bond acceptors (Lipinski definition) is 3. The molecule has 1 aliphatic heterocycles. The van der Waals surface area contributed by atoms with Gasteiger partial charge in [0.05, 0.1) is 6.42 Å². The van der Waals surface area contributed by atoms with Crippen molar-refractivity contribution in [3.05, 3.63) is 34.9 Å². The van der Waals surface area contributed by atoms with Crippen molar-refractivity contribution in [3.63, 3.8) is 0 Å². The maximum absolute atomic E-state index is 12.4. The summed E-state index contributed by atoms with van der Waals surface area (Å²) >= 11 is 0. The standard InChI is InChI=1S/C19H23NO4/c21-17(15-7-6-13-3-1-4-14(13)11-15)8-9-18(22)20-10-2-5-16(20)12-19(23)24/h6-7,11,16H,1-5,8-10,12H2,(H,23,24). The molecule has 3 rings (SSSR count). The molecule has 1 aromatic carbocycles. The number of aryl methyl sites for hydroxylation is 2. The molecule has 2 aliphatic rings. The Morgan fingerprint density at radius 2 is 1.88 bits per heavy atom. The minimum atomic E-state index is -0.881. The second kappa shape index (κ2) is 7.16. The van der Waals surface area contributed by atoms with Gasteiger partial charge in [-0.15, -0.1) is 0 Å². The Bertz CT molecular complexity index is 667. The van der Waals surface area contributed by atoms with Crippen LogP contribution in [0.1, 0.15) is 60.0 Å². The zero-order valence-corrected chi connectivity index (χ0v) is 13.8. The van der Waals surface area contributed by atoms with Gasteiger partial charge in [0, 0.05) is 31.0 Å². The van der Waals surface area contributed by atoms with Gasteiger partial charge < -0.3 is 10.0 Å². The molecule has 0 aromatic heterocycles. The van der Waals surface area contributed by atoms with Crippen molar-refractivity contribution in [2.45, 2.75) is 57.4 Å². The third-order valence-corrected chi connectivity index (χ3v) is 5.09. The molecule has 1 amide bonds. The van der Waals surface area contributed by atoms with Crippen LogP contribution in [0.15, 0.2) is 18.2 Å². The van der Waals surface area contributed by atoms with Crippen LogP contribution in [-0.2, 0) is 22.4 Å². The molecular formula is C19H23NO4. The maximum atomic E-state index is 12.4. The number of aliphatic carboxylic acids is 1. The van der Waals surface area contributed by atoms with E-state index in [9.17, 15) is 14.4 Å². The first-order valence-electron chi connectivity index (χ1n) is 8.71. The molecule has 1 N–H and O–H groups in total. The SMILES string of the molecule is O=C(O)CC1CCCN1C(=O)CCC(=O)c1ccc2c(c1)CCC2. The fourth-order valence-electron chi connectivity index (χ4n) is 3.83. The molecule has 0 saturated carbocycles. The van der Waals surface area contributed by atoms with Crippen LogP contribution in [0.4, 0.5) is 0 Å². The first-order chi connectivity index (χ1) is 11.5. The Labute approximate surface area is 141 Å². The predicted octanol–water partition coefficient (Wildman–Crippen LogP) is 2.60. The van der Waals surface area contributed by atoms with E-state index in [0.29, 0.717) is 12.1 Å². The fourth-order valence-corrected chi connectivity index (χ4v) is 3.83. The Balaban J connectivity index is 1.56. The Morgan fingerprint density at radius 3 is 2.67 bits per heavy atom. The monoisotopic (exact) mass is 329 g/mol. The normalized spacial score (nSPS) is 19.3. The second-order valence-electron chi connectivity index (χ2n) is 6.74. The lowest BCUT2D eigenvalue weighted by atomic mass is 10.0. The van der Waals surface area contributed by atoms with Gasteiger partial charge in [-0.1, -0.05) is 12.1 Å². The van der Waals surface area contributed by atoms with E-state index >= 15 is 0 Å². The van der Waals surface area contributed by atoms with Crippen molar-refractivity contribution in [3.8, 4) is 0 Å². The lowest BCUT2D eigenvalue weighted by Gasteiger charge is -2.23. The molecule has 1 fully saturated rings. The number of ketones is 1. The summed E-state index contributed by atoms with van der Waals surface area (Å²) in [5, 5.41) is 8.93. The number of carboxylic acid groups (broad SMARTS) is 1. The molecule has 1 aromatic rings. The topological polar surface area (TPSA) is 74.7 Å². The average molecular weight is 329 g/mol. The fraction of sp³-hybridized carbons (Fsp3) is 0.526. The summed E-state index contributed by atoms with van der Waals surface area (Å²) in [5.74, 6) is -0.991. The number of nitrogens with zero attached hydrogens (tertiary/aromatic N) is 1. The van der Waals surface area contributed by atoms with Gasteiger partial charge >= 0.3 is 5.97 Å². The summed E-state index contributed by atoms with van der Waals surface area (Å²) in [6.07, 6.45) is 5.16. The van der Waals surface area contributed by atoms with Crippen molar-refractivity contribution >= 4 is 17.7 Å². The lowest BCUT2D eigenvalue weighted by Crippen LogP contribution is -2.36. The number of carbonyl (C=O) groups is 3. The summed E-state index contributed by atoms with van der Waals surface area (Å²) in [4.78, 5) is 37.2. The minimum absolute atomic E-state index is 0.00738. The summed E-state index contributed by atoms with van der Waals surface area (Å²) in [6, 6.07) is 5.64. The third-order valence-electron chi connectivity index (χ3n) is 5.09. The molecule has 128 valence electrons. The highest BCUT2D eigenvalue weighted by atomic mass is 16.4. The second-order valence-corrected chi connectivity index (χ2v) is 6.74. The number of fused-ring (bicyclic) bond motifs is 1. The van der Waals surface area contributed by atoms with Gasteiger partial charge in [0.15, 0.2) is 5.78 Å². The van der Waals surface area contributed by atoms with Crippen LogP contribution in [0.3, 0.4) is 0 Å². The van der Waals surface area contributed by atoms with Gasteiger partial charge in [-0.2, -0.15) is 0 Å². The molecule has 0 spiro atoms. The van der Waals surface area contributed by atoms with Gasteiger partial charge in [0.2, 0.25) is 5.91 Å². The molecule has 5 nitrogen and oxygen atoms in total. The highest BCUT2D eigenvalue weighted by Crippen LogP contribution is 2.24. The van der Waals surface area contributed by atoms with E-state index in [4.69, 9.17) is 5.11 Å². The Morgan fingerprint density at radius 1 is 1.08 bits per heavy atom. The molecule has 1 aliphatic carbocycles. The van der Waals surface area contributed by atoms with E-state index in [1.54, 1.807) is 4.90 Å². The van der Waals surface area contributed by atoms with E-state index in [1.807, 2.05) is 18.2 Å². The molecule has 24 heavy (non-hydrogen) atoms.